The maximum atomic E-state index is 13.9. The average Bonchev–Trinajstić information content (AvgIpc) is 2.82. The Morgan fingerprint density at radius 3 is 2.78 bits per heavy atom. The highest BCUT2D eigenvalue weighted by Crippen LogP contribution is 2.30. The molecule has 32 heavy (non-hydrogen) atoms. The number of aryl methyl sites for hydroxylation is 1. The van der Waals surface area contributed by atoms with Crippen molar-refractivity contribution in [1.29, 1.82) is 0 Å². The van der Waals surface area contributed by atoms with Crippen LogP contribution in [0.1, 0.15) is 67.7 Å². The van der Waals surface area contributed by atoms with Gasteiger partial charge in [0.15, 0.2) is 0 Å². The van der Waals surface area contributed by atoms with Gasteiger partial charge in [0, 0.05) is 31.5 Å². The van der Waals surface area contributed by atoms with Gasteiger partial charge in [-0.1, -0.05) is 25.1 Å². The number of rotatable bonds is 5. The van der Waals surface area contributed by atoms with E-state index in [2.05, 4.69) is 4.98 Å². The molecule has 3 heterocycles. The first-order valence-corrected chi connectivity index (χ1v) is 11.4. The number of piperidine rings is 1. The molecule has 7 nitrogen and oxygen atoms in total. The summed E-state index contributed by atoms with van der Waals surface area (Å²) in [5, 5.41) is 0. The van der Waals surface area contributed by atoms with Crippen molar-refractivity contribution in [1.82, 2.24) is 19.8 Å². The molecule has 2 aliphatic heterocycles. The highest BCUT2D eigenvalue weighted by Gasteiger charge is 2.31. The number of carbonyl (C=O) groups excluding carboxylic acids is 2. The molecule has 8 heteroatoms. The van der Waals surface area contributed by atoms with E-state index in [0.29, 0.717) is 68.0 Å². The maximum Gasteiger partial charge on any atom is 0.254 e. The largest absolute Gasteiger partial charge is 0.336 e. The quantitative estimate of drug-likeness (QED) is 0.775. The summed E-state index contributed by atoms with van der Waals surface area (Å²) in [6.45, 7) is 3.25. The smallest absolute Gasteiger partial charge is 0.254 e. The predicted molar refractivity (Wildman–Crippen MR) is 117 cm³/mol. The minimum Gasteiger partial charge on any atom is -0.336 e. The molecule has 0 radical (unpaired) electrons. The summed E-state index contributed by atoms with van der Waals surface area (Å²) in [6.07, 6.45) is 3.96. The van der Waals surface area contributed by atoms with Gasteiger partial charge in [0.25, 0.3) is 5.56 Å². The number of halogens is 1. The van der Waals surface area contributed by atoms with E-state index in [1.807, 2.05) is 6.92 Å². The van der Waals surface area contributed by atoms with Crippen LogP contribution < -0.4 is 5.56 Å². The van der Waals surface area contributed by atoms with Crippen LogP contribution in [0.3, 0.4) is 0 Å². The van der Waals surface area contributed by atoms with Gasteiger partial charge < -0.3 is 14.8 Å². The molecule has 1 N–H and O–H groups in total. The lowest BCUT2D eigenvalue weighted by atomic mass is 9.99. The zero-order valence-electron chi connectivity index (χ0n) is 18.4. The lowest BCUT2D eigenvalue weighted by Crippen LogP contribution is -2.42. The minimum absolute atomic E-state index is 0.0434. The molecular formula is C24H29FN4O3. The van der Waals surface area contributed by atoms with Gasteiger partial charge in [0.2, 0.25) is 11.8 Å². The van der Waals surface area contributed by atoms with Crippen LogP contribution in [0, 0.1) is 5.82 Å². The first-order chi connectivity index (χ1) is 15.5. The van der Waals surface area contributed by atoms with Gasteiger partial charge >= 0.3 is 0 Å². The molecule has 1 saturated heterocycles. The van der Waals surface area contributed by atoms with E-state index in [9.17, 15) is 18.8 Å². The second-order valence-corrected chi connectivity index (χ2v) is 8.49. The van der Waals surface area contributed by atoms with Gasteiger partial charge in [-0.05, 0) is 43.7 Å². The summed E-state index contributed by atoms with van der Waals surface area (Å²) in [5.41, 5.74) is 1.59. The number of fused-ring (bicyclic) bond motifs is 1. The normalized spacial score (nSPS) is 18.4. The van der Waals surface area contributed by atoms with E-state index in [1.54, 1.807) is 28.0 Å². The lowest BCUT2D eigenvalue weighted by molar-refractivity contribution is -0.135. The van der Waals surface area contributed by atoms with E-state index in [-0.39, 0.29) is 35.7 Å². The number of hydrogen-bond donors (Lipinski definition) is 1. The molecule has 1 fully saturated rings. The summed E-state index contributed by atoms with van der Waals surface area (Å²) in [6, 6.07) is 6.18. The van der Waals surface area contributed by atoms with E-state index in [0.717, 1.165) is 12.8 Å². The fourth-order valence-electron chi connectivity index (χ4n) is 4.65. The Morgan fingerprint density at radius 2 is 2.00 bits per heavy atom. The van der Waals surface area contributed by atoms with E-state index < -0.39 is 0 Å². The van der Waals surface area contributed by atoms with Crippen LogP contribution in [0.5, 0.6) is 0 Å². The predicted octanol–water partition coefficient (Wildman–Crippen LogP) is 2.89. The number of likely N-dealkylation sites (tertiary alicyclic amines) is 1. The summed E-state index contributed by atoms with van der Waals surface area (Å²) < 4.78 is 13.9. The van der Waals surface area contributed by atoms with E-state index in [1.165, 1.54) is 6.07 Å². The second kappa shape index (κ2) is 9.63. The molecular weight excluding hydrogens is 411 g/mol. The summed E-state index contributed by atoms with van der Waals surface area (Å²) in [5.74, 6) is 0.156. The van der Waals surface area contributed by atoms with Crippen LogP contribution in [0.4, 0.5) is 4.39 Å². The number of hydrogen-bond acceptors (Lipinski definition) is 4. The molecule has 1 unspecified atom stereocenters. The summed E-state index contributed by atoms with van der Waals surface area (Å²) in [7, 11) is 0. The van der Waals surface area contributed by atoms with Gasteiger partial charge in [-0.3, -0.25) is 14.4 Å². The van der Waals surface area contributed by atoms with Crippen LogP contribution in [-0.4, -0.2) is 44.7 Å². The Bertz CT molecular complexity index is 1070. The molecule has 4 rings (SSSR count). The Balaban J connectivity index is 1.54. The van der Waals surface area contributed by atoms with Crippen molar-refractivity contribution in [2.75, 3.05) is 13.1 Å². The molecule has 0 spiro atoms. The molecule has 1 aromatic heterocycles. The highest BCUT2D eigenvalue weighted by atomic mass is 19.1. The van der Waals surface area contributed by atoms with E-state index in [4.69, 9.17) is 4.98 Å². The molecule has 2 amide bonds. The number of nitrogens with zero attached hydrogens (tertiary/aromatic N) is 3. The first kappa shape index (κ1) is 22.2. The molecule has 2 aromatic rings. The summed E-state index contributed by atoms with van der Waals surface area (Å²) >= 11 is 0. The zero-order chi connectivity index (χ0) is 22.7. The Kier molecular flexibility index (Phi) is 6.67. The van der Waals surface area contributed by atoms with Gasteiger partial charge in [0.05, 0.1) is 18.3 Å². The van der Waals surface area contributed by atoms with E-state index >= 15 is 0 Å². The molecule has 2 aliphatic rings. The Hall–Kier alpha value is -3.03. The fourth-order valence-corrected chi connectivity index (χ4v) is 4.65. The number of aromatic nitrogens is 2. The number of benzene rings is 1. The topological polar surface area (TPSA) is 86.4 Å². The molecule has 0 aliphatic carbocycles. The highest BCUT2D eigenvalue weighted by molar-refractivity contribution is 5.77. The molecule has 1 aromatic carbocycles. The second-order valence-electron chi connectivity index (χ2n) is 8.49. The van der Waals surface area contributed by atoms with Gasteiger partial charge in [-0.15, -0.1) is 0 Å². The number of carbonyl (C=O) groups is 2. The van der Waals surface area contributed by atoms with Crippen LogP contribution in [0.25, 0.3) is 0 Å². The molecule has 0 saturated carbocycles. The van der Waals surface area contributed by atoms with Gasteiger partial charge in [0.1, 0.15) is 11.6 Å². The van der Waals surface area contributed by atoms with Crippen molar-refractivity contribution in [3.05, 3.63) is 63.1 Å². The Morgan fingerprint density at radius 1 is 1.19 bits per heavy atom. The lowest BCUT2D eigenvalue weighted by Gasteiger charge is -2.36. The van der Waals surface area contributed by atoms with Crippen molar-refractivity contribution >= 4 is 11.8 Å². The fraction of sp³-hybridized carbons (Fsp3) is 0.500. The van der Waals surface area contributed by atoms with Crippen molar-refractivity contribution in [2.24, 2.45) is 0 Å². The maximum absolute atomic E-state index is 13.9. The molecule has 170 valence electrons. The van der Waals surface area contributed by atoms with Gasteiger partial charge in [-0.25, -0.2) is 9.37 Å². The van der Waals surface area contributed by atoms with Crippen LogP contribution in [-0.2, 0) is 29.0 Å². The Labute approximate surface area is 186 Å². The van der Waals surface area contributed by atoms with Crippen LogP contribution >= 0.6 is 0 Å². The van der Waals surface area contributed by atoms with Crippen LogP contribution in [0.15, 0.2) is 29.1 Å². The third kappa shape index (κ3) is 4.59. The monoisotopic (exact) mass is 440 g/mol. The van der Waals surface area contributed by atoms with Gasteiger partial charge in [-0.2, -0.15) is 0 Å². The first-order valence-electron chi connectivity index (χ1n) is 11.4. The number of nitrogens with one attached hydrogen (secondary N) is 1. The molecule has 1 atom stereocenters. The summed E-state index contributed by atoms with van der Waals surface area (Å²) in [4.78, 5) is 49.1. The SMILES string of the molecule is CCC(=O)N1CCc2c(nc(C3CCCCN3C(=O)CCc3ccccc3F)[nH]c2=O)C1. The van der Waals surface area contributed by atoms with Crippen molar-refractivity contribution in [2.45, 2.75) is 64.5 Å². The number of H-pyrrole nitrogens is 1. The number of amides is 2. The minimum atomic E-state index is -0.313. The van der Waals surface area contributed by atoms with Crippen molar-refractivity contribution < 1.29 is 14.0 Å². The van der Waals surface area contributed by atoms with Crippen LogP contribution in [0.2, 0.25) is 0 Å². The number of aromatic amines is 1. The zero-order valence-corrected chi connectivity index (χ0v) is 18.4. The average molecular weight is 441 g/mol. The third-order valence-corrected chi connectivity index (χ3v) is 6.45. The molecule has 0 bridgehead atoms. The van der Waals surface area contributed by atoms with Crippen molar-refractivity contribution in [3.63, 3.8) is 0 Å². The van der Waals surface area contributed by atoms with Crippen molar-refractivity contribution in [3.8, 4) is 0 Å². The standard InChI is InChI=1S/C24H29FN4O3/c1-2-21(30)28-14-12-17-19(15-28)26-23(27-24(17)32)20-9-5-6-13-29(20)22(31)11-10-16-7-3-4-8-18(16)25/h3-4,7-8,20H,2,5-6,9-15H2,1H3,(H,26,27,32). The third-order valence-electron chi connectivity index (χ3n) is 6.45.